The molecule has 1 aliphatic heterocycles. The molecule has 3 N–H and O–H groups in total. The summed E-state index contributed by atoms with van der Waals surface area (Å²) >= 11 is 9.41. The molecule has 6 nitrogen and oxygen atoms in total. The number of pyridine rings is 1. The van der Waals surface area contributed by atoms with Gasteiger partial charge in [0.2, 0.25) is 5.91 Å². The predicted molar refractivity (Wildman–Crippen MR) is 105 cm³/mol. The lowest BCUT2D eigenvalue weighted by atomic mass is 9.97. The van der Waals surface area contributed by atoms with E-state index in [0.29, 0.717) is 22.8 Å². The SMILES string of the molecule is NC(=O)C1CCCN(c2ccc(NC(=O)c3cc(Br)ccc3Cl)cn2)C1. The van der Waals surface area contributed by atoms with Gasteiger partial charge in [-0.3, -0.25) is 9.59 Å². The molecule has 0 radical (unpaired) electrons. The Hall–Kier alpha value is -2.12. The van der Waals surface area contributed by atoms with Crippen molar-refractivity contribution in [1.82, 2.24) is 4.98 Å². The van der Waals surface area contributed by atoms with Gasteiger partial charge in [-0.15, -0.1) is 0 Å². The molecule has 8 heteroatoms. The van der Waals surface area contributed by atoms with Gasteiger partial charge >= 0.3 is 0 Å². The number of carbonyl (C=O) groups excluding carboxylic acids is 2. The summed E-state index contributed by atoms with van der Waals surface area (Å²) in [4.78, 5) is 30.2. The highest BCUT2D eigenvalue weighted by Gasteiger charge is 2.24. The lowest BCUT2D eigenvalue weighted by Gasteiger charge is -2.32. The van der Waals surface area contributed by atoms with Crippen molar-refractivity contribution in [1.29, 1.82) is 0 Å². The number of anilines is 2. The van der Waals surface area contributed by atoms with Crippen LogP contribution in [0.25, 0.3) is 0 Å². The molecular weight excluding hydrogens is 420 g/mol. The van der Waals surface area contributed by atoms with Crippen molar-refractivity contribution < 1.29 is 9.59 Å². The van der Waals surface area contributed by atoms with E-state index in [1.165, 1.54) is 0 Å². The molecule has 136 valence electrons. The molecule has 2 aromatic rings. The Bertz CT molecular complexity index is 828. The van der Waals surface area contributed by atoms with Crippen molar-refractivity contribution in [2.45, 2.75) is 12.8 Å². The number of primary amides is 1. The summed E-state index contributed by atoms with van der Waals surface area (Å²) < 4.78 is 0.773. The molecule has 2 amide bonds. The lowest BCUT2D eigenvalue weighted by molar-refractivity contribution is -0.122. The first kappa shape index (κ1) is 18.7. The second-order valence-corrected chi connectivity index (χ2v) is 7.49. The maximum atomic E-state index is 12.4. The first-order valence-corrected chi connectivity index (χ1v) is 9.38. The first-order valence-electron chi connectivity index (χ1n) is 8.21. The summed E-state index contributed by atoms with van der Waals surface area (Å²) in [6.45, 7) is 1.40. The first-order chi connectivity index (χ1) is 12.4. The Balaban J connectivity index is 1.69. The second kappa shape index (κ2) is 8.05. The third-order valence-electron chi connectivity index (χ3n) is 4.33. The largest absolute Gasteiger partial charge is 0.369 e. The molecule has 1 aliphatic rings. The molecule has 26 heavy (non-hydrogen) atoms. The van der Waals surface area contributed by atoms with Crippen LogP contribution in [0.2, 0.25) is 5.02 Å². The van der Waals surface area contributed by atoms with Crippen molar-refractivity contribution in [3.05, 3.63) is 51.6 Å². The van der Waals surface area contributed by atoms with Crippen LogP contribution in [-0.4, -0.2) is 29.9 Å². The average molecular weight is 438 g/mol. The van der Waals surface area contributed by atoms with Gasteiger partial charge in [0.05, 0.1) is 28.4 Å². The molecule has 0 bridgehead atoms. The third kappa shape index (κ3) is 4.34. The van der Waals surface area contributed by atoms with Gasteiger partial charge in [-0.05, 0) is 43.2 Å². The van der Waals surface area contributed by atoms with Gasteiger partial charge in [-0.2, -0.15) is 0 Å². The molecule has 3 rings (SSSR count). The number of nitrogens with one attached hydrogen (secondary N) is 1. The molecular formula is C18H18BrClN4O2. The van der Waals surface area contributed by atoms with Crippen molar-refractivity contribution in [2.75, 3.05) is 23.3 Å². The van der Waals surface area contributed by atoms with Crippen LogP contribution in [-0.2, 0) is 4.79 Å². The van der Waals surface area contributed by atoms with Crippen LogP contribution in [0.5, 0.6) is 0 Å². The van der Waals surface area contributed by atoms with Gasteiger partial charge in [0.15, 0.2) is 0 Å². The highest BCUT2D eigenvalue weighted by molar-refractivity contribution is 9.10. The van der Waals surface area contributed by atoms with Crippen LogP contribution in [0.3, 0.4) is 0 Å². The molecule has 1 saturated heterocycles. The van der Waals surface area contributed by atoms with Crippen LogP contribution >= 0.6 is 27.5 Å². The predicted octanol–water partition coefficient (Wildman–Crippen LogP) is 3.45. The van der Waals surface area contributed by atoms with Gasteiger partial charge < -0.3 is 16.0 Å². The topological polar surface area (TPSA) is 88.3 Å². The minimum absolute atomic E-state index is 0.149. The summed E-state index contributed by atoms with van der Waals surface area (Å²) in [6, 6.07) is 8.69. The fraction of sp³-hybridized carbons (Fsp3) is 0.278. The van der Waals surface area contributed by atoms with Crippen LogP contribution < -0.4 is 16.0 Å². The van der Waals surface area contributed by atoms with E-state index in [4.69, 9.17) is 17.3 Å². The summed E-state index contributed by atoms with van der Waals surface area (Å²) in [7, 11) is 0. The van der Waals surface area contributed by atoms with Crippen molar-refractivity contribution >= 4 is 50.9 Å². The fourth-order valence-corrected chi connectivity index (χ4v) is 3.50. The molecule has 2 heterocycles. The highest BCUT2D eigenvalue weighted by Crippen LogP contribution is 2.24. The Morgan fingerprint density at radius 2 is 2.12 bits per heavy atom. The van der Waals surface area contributed by atoms with Gasteiger partial charge in [-0.1, -0.05) is 27.5 Å². The quantitative estimate of drug-likeness (QED) is 0.767. The number of amides is 2. The summed E-state index contributed by atoms with van der Waals surface area (Å²) in [5.74, 6) is 0.0279. The molecule has 1 aromatic heterocycles. The number of hydrogen-bond acceptors (Lipinski definition) is 4. The van der Waals surface area contributed by atoms with E-state index in [9.17, 15) is 9.59 Å². The Labute approximate surface area is 164 Å². The van der Waals surface area contributed by atoms with Crippen molar-refractivity contribution in [2.24, 2.45) is 11.7 Å². The lowest BCUT2D eigenvalue weighted by Crippen LogP contribution is -2.41. The van der Waals surface area contributed by atoms with E-state index in [2.05, 4.69) is 26.2 Å². The van der Waals surface area contributed by atoms with E-state index in [-0.39, 0.29) is 17.7 Å². The standard InChI is InChI=1S/C18H18BrClN4O2/c19-12-3-5-15(20)14(8-12)18(26)23-13-4-6-16(22-9-13)24-7-1-2-11(10-24)17(21)25/h3-6,8-9,11H,1-2,7,10H2,(H2,21,25)(H,23,26). The molecule has 1 unspecified atom stereocenters. The van der Waals surface area contributed by atoms with E-state index >= 15 is 0 Å². The molecule has 1 fully saturated rings. The zero-order valence-corrected chi connectivity index (χ0v) is 16.3. The smallest absolute Gasteiger partial charge is 0.257 e. The number of rotatable bonds is 4. The number of nitrogens with zero attached hydrogens (tertiary/aromatic N) is 2. The van der Waals surface area contributed by atoms with E-state index in [0.717, 1.165) is 29.7 Å². The number of nitrogens with two attached hydrogens (primary N) is 1. The number of hydrogen-bond donors (Lipinski definition) is 2. The number of aromatic nitrogens is 1. The van der Waals surface area contributed by atoms with Crippen LogP contribution in [0.15, 0.2) is 41.0 Å². The minimum atomic E-state index is -0.308. The monoisotopic (exact) mass is 436 g/mol. The van der Waals surface area contributed by atoms with Crippen LogP contribution in [0, 0.1) is 5.92 Å². The Morgan fingerprint density at radius 3 is 2.81 bits per heavy atom. The van der Waals surface area contributed by atoms with Gasteiger partial charge in [0, 0.05) is 17.6 Å². The molecule has 0 saturated carbocycles. The second-order valence-electron chi connectivity index (χ2n) is 6.17. The third-order valence-corrected chi connectivity index (χ3v) is 5.15. The Kier molecular flexibility index (Phi) is 5.78. The highest BCUT2D eigenvalue weighted by atomic mass is 79.9. The van der Waals surface area contributed by atoms with Crippen molar-refractivity contribution in [3.63, 3.8) is 0 Å². The van der Waals surface area contributed by atoms with Crippen LogP contribution in [0.4, 0.5) is 11.5 Å². The minimum Gasteiger partial charge on any atom is -0.369 e. The van der Waals surface area contributed by atoms with Gasteiger partial charge in [0.1, 0.15) is 5.82 Å². The summed E-state index contributed by atoms with van der Waals surface area (Å²) in [5, 5.41) is 3.16. The maximum Gasteiger partial charge on any atom is 0.257 e. The van der Waals surface area contributed by atoms with E-state index in [1.54, 1.807) is 30.5 Å². The van der Waals surface area contributed by atoms with Gasteiger partial charge in [0.25, 0.3) is 5.91 Å². The number of benzene rings is 1. The van der Waals surface area contributed by atoms with Crippen LogP contribution in [0.1, 0.15) is 23.2 Å². The van der Waals surface area contributed by atoms with E-state index < -0.39 is 0 Å². The number of piperidine rings is 1. The summed E-state index contributed by atoms with van der Waals surface area (Å²) in [6.07, 6.45) is 3.30. The Morgan fingerprint density at radius 1 is 1.31 bits per heavy atom. The van der Waals surface area contributed by atoms with E-state index in [1.807, 2.05) is 11.0 Å². The zero-order chi connectivity index (χ0) is 18.7. The normalized spacial score (nSPS) is 17.0. The summed E-state index contributed by atoms with van der Waals surface area (Å²) in [5.41, 5.74) is 6.36. The molecule has 1 atom stereocenters. The fourth-order valence-electron chi connectivity index (χ4n) is 2.93. The number of halogens is 2. The maximum absolute atomic E-state index is 12.4. The average Bonchev–Trinajstić information content (AvgIpc) is 2.64. The van der Waals surface area contributed by atoms with Crippen molar-refractivity contribution in [3.8, 4) is 0 Å². The molecule has 0 spiro atoms. The molecule has 1 aromatic carbocycles. The van der Waals surface area contributed by atoms with Gasteiger partial charge in [-0.25, -0.2) is 4.98 Å². The number of carbonyl (C=O) groups is 2. The zero-order valence-electron chi connectivity index (χ0n) is 13.9. The molecule has 0 aliphatic carbocycles.